The van der Waals surface area contributed by atoms with E-state index in [9.17, 15) is 5.11 Å². The Morgan fingerprint density at radius 1 is 1.00 bits per heavy atom. The predicted octanol–water partition coefficient (Wildman–Crippen LogP) is 4.45. The van der Waals surface area contributed by atoms with Gasteiger partial charge in [0.05, 0.1) is 5.69 Å². The molecule has 96 valence electrons. The van der Waals surface area contributed by atoms with E-state index in [4.69, 9.17) is 0 Å². The SMILES string of the molecule is CC1=C(C)C(c2ccc3cccc(O)c3n2)=C(C)C1. The molecular weight excluding hydrogens is 234 g/mol. The summed E-state index contributed by atoms with van der Waals surface area (Å²) in [5.41, 5.74) is 6.96. The second-order valence-electron chi connectivity index (χ2n) is 5.28. The zero-order valence-electron chi connectivity index (χ0n) is 11.5. The van der Waals surface area contributed by atoms with E-state index in [0.29, 0.717) is 5.52 Å². The number of hydrogen-bond donors (Lipinski definition) is 1. The Morgan fingerprint density at radius 3 is 2.47 bits per heavy atom. The maximum Gasteiger partial charge on any atom is 0.141 e. The monoisotopic (exact) mass is 251 g/mol. The Bertz CT molecular complexity index is 738. The molecule has 3 rings (SSSR count). The fourth-order valence-electron chi connectivity index (χ4n) is 2.83. The zero-order valence-corrected chi connectivity index (χ0v) is 11.5. The number of benzene rings is 1. The molecule has 0 saturated heterocycles. The van der Waals surface area contributed by atoms with Crippen LogP contribution in [0.25, 0.3) is 16.5 Å². The van der Waals surface area contributed by atoms with Crippen LogP contribution in [0.3, 0.4) is 0 Å². The number of nitrogens with zero attached hydrogens (tertiary/aromatic N) is 1. The summed E-state index contributed by atoms with van der Waals surface area (Å²) in [6.45, 7) is 6.48. The molecule has 0 bridgehead atoms. The van der Waals surface area contributed by atoms with Gasteiger partial charge in [-0.3, -0.25) is 0 Å². The quantitative estimate of drug-likeness (QED) is 0.812. The van der Waals surface area contributed by atoms with Crippen LogP contribution in [0, 0.1) is 0 Å². The van der Waals surface area contributed by atoms with Gasteiger partial charge in [0.2, 0.25) is 0 Å². The minimum Gasteiger partial charge on any atom is -0.506 e. The van der Waals surface area contributed by atoms with Crippen LogP contribution in [0.1, 0.15) is 32.9 Å². The van der Waals surface area contributed by atoms with Gasteiger partial charge in [-0.25, -0.2) is 4.98 Å². The number of fused-ring (bicyclic) bond motifs is 1. The van der Waals surface area contributed by atoms with E-state index in [1.807, 2.05) is 24.3 Å². The maximum atomic E-state index is 9.93. The number of rotatable bonds is 1. The van der Waals surface area contributed by atoms with E-state index < -0.39 is 0 Å². The van der Waals surface area contributed by atoms with E-state index in [-0.39, 0.29) is 5.75 Å². The predicted molar refractivity (Wildman–Crippen MR) is 79.0 cm³/mol. The van der Waals surface area contributed by atoms with Gasteiger partial charge in [-0.2, -0.15) is 0 Å². The highest BCUT2D eigenvalue weighted by Gasteiger charge is 2.19. The molecule has 1 heterocycles. The van der Waals surface area contributed by atoms with Crippen LogP contribution in [-0.2, 0) is 0 Å². The Balaban J connectivity index is 2.23. The first-order valence-electron chi connectivity index (χ1n) is 6.53. The lowest BCUT2D eigenvalue weighted by molar-refractivity contribution is 0.480. The lowest BCUT2D eigenvalue weighted by Crippen LogP contribution is -1.92. The molecule has 2 heteroatoms. The summed E-state index contributed by atoms with van der Waals surface area (Å²) in [6, 6.07) is 9.56. The van der Waals surface area contributed by atoms with Gasteiger partial charge in [-0.15, -0.1) is 0 Å². The lowest BCUT2D eigenvalue weighted by Gasteiger charge is -2.08. The number of hydrogen-bond acceptors (Lipinski definition) is 2. The zero-order chi connectivity index (χ0) is 13.6. The first-order chi connectivity index (χ1) is 9.08. The molecule has 1 aromatic carbocycles. The summed E-state index contributed by atoms with van der Waals surface area (Å²) in [5, 5.41) is 10.9. The van der Waals surface area contributed by atoms with Gasteiger partial charge in [-0.05, 0) is 44.9 Å². The van der Waals surface area contributed by atoms with Crippen LogP contribution in [0.4, 0.5) is 0 Å². The van der Waals surface area contributed by atoms with Gasteiger partial charge in [0.1, 0.15) is 11.3 Å². The van der Waals surface area contributed by atoms with Crippen LogP contribution >= 0.6 is 0 Å². The summed E-state index contributed by atoms with van der Waals surface area (Å²) in [6.07, 6.45) is 1.03. The van der Waals surface area contributed by atoms with Crippen molar-refractivity contribution >= 4 is 16.5 Å². The lowest BCUT2D eigenvalue weighted by atomic mass is 10.0. The van der Waals surface area contributed by atoms with Gasteiger partial charge in [0.15, 0.2) is 0 Å². The third-order valence-electron chi connectivity index (χ3n) is 3.93. The van der Waals surface area contributed by atoms with E-state index in [0.717, 1.165) is 17.5 Å². The van der Waals surface area contributed by atoms with Crippen LogP contribution in [-0.4, -0.2) is 10.1 Å². The second-order valence-corrected chi connectivity index (χ2v) is 5.28. The standard InChI is InChI=1S/C17H17NO/c1-10-9-11(2)16(12(10)3)14-8-7-13-5-4-6-15(19)17(13)18-14/h4-8,19H,9H2,1-3H3. The molecule has 1 aliphatic rings. The highest BCUT2D eigenvalue weighted by molar-refractivity contribution is 5.89. The molecule has 19 heavy (non-hydrogen) atoms. The first kappa shape index (κ1) is 12.0. The fourth-order valence-corrected chi connectivity index (χ4v) is 2.83. The van der Waals surface area contributed by atoms with Crippen molar-refractivity contribution in [1.82, 2.24) is 4.98 Å². The molecule has 0 amide bonds. The van der Waals surface area contributed by atoms with Crippen LogP contribution in [0.15, 0.2) is 47.1 Å². The molecule has 2 nitrogen and oxygen atoms in total. The van der Waals surface area contributed by atoms with E-state index in [1.54, 1.807) is 6.07 Å². The number of pyridine rings is 1. The number of aromatic nitrogens is 1. The van der Waals surface area contributed by atoms with Gasteiger partial charge >= 0.3 is 0 Å². The molecule has 1 aliphatic carbocycles. The van der Waals surface area contributed by atoms with Crippen molar-refractivity contribution in [1.29, 1.82) is 0 Å². The van der Waals surface area contributed by atoms with Crippen molar-refractivity contribution in [3.05, 3.63) is 52.7 Å². The fraction of sp³-hybridized carbons (Fsp3) is 0.235. The molecule has 0 saturated carbocycles. The number of allylic oxidation sites excluding steroid dienone is 4. The Hall–Kier alpha value is -2.09. The van der Waals surface area contributed by atoms with E-state index in [2.05, 4.69) is 25.8 Å². The van der Waals surface area contributed by atoms with Crippen molar-refractivity contribution in [3.8, 4) is 5.75 Å². The highest BCUT2D eigenvalue weighted by Crippen LogP contribution is 2.38. The van der Waals surface area contributed by atoms with Gasteiger partial charge in [0.25, 0.3) is 0 Å². The molecule has 0 unspecified atom stereocenters. The van der Waals surface area contributed by atoms with Crippen molar-refractivity contribution in [3.63, 3.8) is 0 Å². The number of aromatic hydroxyl groups is 1. The van der Waals surface area contributed by atoms with Crippen LogP contribution < -0.4 is 0 Å². The summed E-state index contributed by atoms with van der Waals surface area (Å²) >= 11 is 0. The first-order valence-corrected chi connectivity index (χ1v) is 6.53. The average molecular weight is 251 g/mol. The second kappa shape index (κ2) is 4.23. The van der Waals surface area contributed by atoms with Crippen molar-refractivity contribution in [2.24, 2.45) is 0 Å². The summed E-state index contributed by atoms with van der Waals surface area (Å²) in [7, 11) is 0. The molecule has 0 spiro atoms. The minimum atomic E-state index is 0.244. The number of phenols is 1. The average Bonchev–Trinajstić information content (AvgIpc) is 2.64. The molecule has 1 N–H and O–H groups in total. The maximum absolute atomic E-state index is 9.93. The van der Waals surface area contributed by atoms with E-state index in [1.165, 1.54) is 22.3 Å². The molecule has 1 aromatic heterocycles. The molecular formula is C17H17NO. The van der Waals surface area contributed by atoms with Gasteiger partial charge in [-0.1, -0.05) is 29.3 Å². The van der Waals surface area contributed by atoms with Gasteiger partial charge < -0.3 is 5.11 Å². The molecule has 0 aliphatic heterocycles. The molecule has 0 fully saturated rings. The van der Waals surface area contributed by atoms with Crippen LogP contribution in [0.2, 0.25) is 0 Å². The van der Waals surface area contributed by atoms with Crippen molar-refractivity contribution in [2.75, 3.05) is 0 Å². The normalized spacial score (nSPS) is 15.7. The van der Waals surface area contributed by atoms with E-state index >= 15 is 0 Å². The third kappa shape index (κ3) is 1.84. The minimum absolute atomic E-state index is 0.244. The molecule has 0 atom stereocenters. The van der Waals surface area contributed by atoms with Crippen molar-refractivity contribution < 1.29 is 5.11 Å². The largest absolute Gasteiger partial charge is 0.506 e. The smallest absolute Gasteiger partial charge is 0.141 e. The summed E-state index contributed by atoms with van der Waals surface area (Å²) < 4.78 is 0. The molecule has 0 radical (unpaired) electrons. The highest BCUT2D eigenvalue weighted by atomic mass is 16.3. The topological polar surface area (TPSA) is 33.1 Å². The Morgan fingerprint density at radius 2 is 1.79 bits per heavy atom. The number of para-hydroxylation sites is 1. The number of phenolic OH excluding ortho intramolecular Hbond substituents is 1. The third-order valence-corrected chi connectivity index (χ3v) is 3.93. The Kier molecular flexibility index (Phi) is 2.67. The van der Waals surface area contributed by atoms with Crippen LogP contribution in [0.5, 0.6) is 5.75 Å². The van der Waals surface area contributed by atoms with Crippen molar-refractivity contribution in [2.45, 2.75) is 27.2 Å². The van der Waals surface area contributed by atoms with Gasteiger partial charge in [0, 0.05) is 11.0 Å². The summed E-state index contributed by atoms with van der Waals surface area (Å²) in [4.78, 5) is 4.65. The summed E-state index contributed by atoms with van der Waals surface area (Å²) in [5.74, 6) is 0.244. The molecule has 2 aromatic rings. The Labute approximate surface area is 113 Å².